The molecule has 14 heteroatoms. The summed E-state index contributed by atoms with van der Waals surface area (Å²) in [6.45, 7) is -2.20. The fraction of sp³-hybridized carbons (Fsp3) is 0.360. The number of carbonyl (C=O) groups excluding carboxylic acids is 1. The number of nitrogens with one attached hydrogen (secondary N) is 1. The lowest BCUT2D eigenvalue weighted by molar-refractivity contribution is -0.312. The molecule has 8 nitrogen and oxygen atoms in total. The van der Waals surface area contributed by atoms with E-state index in [9.17, 15) is 42.1 Å². The minimum absolute atomic E-state index is 0.0584. The van der Waals surface area contributed by atoms with E-state index in [0.29, 0.717) is 10.6 Å². The van der Waals surface area contributed by atoms with Gasteiger partial charge in [0.25, 0.3) is 5.91 Å². The molecule has 4 N–H and O–H groups in total. The lowest BCUT2D eigenvalue weighted by Gasteiger charge is -2.26. The normalized spacial score (nSPS) is 14.6. The smallest absolute Gasteiger partial charge is 0.455 e. The Hall–Kier alpha value is -3.26. The van der Waals surface area contributed by atoms with Crippen molar-refractivity contribution in [3.8, 4) is 17.0 Å². The summed E-state index contributed by atoms with van der Waals surface area (Å²) in [6, 6.07) is 14.3. The van der Waals surface area contributed by atoms with E-state index in [1.54, 1.807) is 42.5 Å². The van der Waals surface area contributed by atoms with Crippen molar-refractivity contribution in [1.29, 1.82) is 0 Å². The molecule has 3 rings (SSSR count). The second kappa shape index (κ2) is 12.3. The molecule has 1 heterocycles. The maximum atomic E-state index is 13.1. The maximum Gasteiger partial charge on any atom is 0.455 e. The largest absolute Gasteiger partial charge is 0.493 e. The molecule has 0 aliphatic rings. The van der Waals surface area contributed by atoms with Gasteiger partial charge in [-0.3, -0.25) is 4.79 Å². The van der Waals surface area contributed by atoms with Gasteiger partial charge in [0.05, 0.1) is 0 Å². The maximum absolute atomic E-state index is 13.1. The molecule has 39 heavy (non-hydrogen) atoms. The van der Waals surface area contributed by atoms with Crippen molar-refractivity contribution in [3.05, 3.63) is 70.9 Å². The average molecular weight is 578 g/mol. The van der Waals surface area contributed by atoms with Gasteiger partial charge in [0.15, 0.2) is 12.0 Å². The van der Waals surface area contributed by atoms with Crippen molar-refractivity contribution >= 4 is 17.5 Å². The van der Waals surface area contributed by atoms with Crippen molar-refractivity contribution in [2.45, 2.75) is 43.4 Å². The zero-order valence-electron chi connectivity index (χ0n) is 20.4. The van der Waals surface area contributed by atoms with Crippen LogP contribution < -0.4 is 5.32 Å². The highest BCUT2D eigenvalue weighted by Gasteiger charge is 2.58. The van der Waals surface area contributed by atoms with E-state index >= 15 is 0 Å². The van der Waals surface area contributed by atoms with Crippen LogP contribution in [0.5, 0.6) is 5.88 Å². The molecule has 0 spiro atoms. The van der Waals surface area contributed by atoms with E-state index in [0.717, 1.165) is 21.9 Å². The molecule has 3 atom stereocenters. The van der Waals surface area contributed by atoms with Gasteiger partial charge >= 0.3 is 12.1 Å². The number of hydrogen-bond acceptors (Lipinski definition) is 6. The molecule has 0 bridgehead atoms. The van der Waals surface area contributed by atoms with Gasteiger partial charge in [-0.15, -0.1) is 0 Å². The van der Waals surface area contributed by atoms with Gasteiger partial charge < -0.3 is 25.4 Å². The lowest BCUT2D eigenvalue weighted by Crippen LogP contribution is -2.45. The number of rotatable bonds is 11. The van der Waals surface area contributed by atoms with Crippen molar-refractivity contribution in [2.24, 2.45) is 7.05 Å². The fourth-order valence-corrected chi connectivity index (χ4v) is 3.79. The molecule has 1 amide bonds. The van der Waals surface area contributed by atoms with Crippen LogP contribution >= 0.6 is 11.6 Å². The molecule has 0 fully saturated rings. The van der Waals surface area contributed by atoms with Gasteiger partial charge in [0.2, 0.25) is 5.88 Å². The van der Waals surface area contributed by atoms with E-state index in [4.69, 9.17) is 11.6 Å². The Morgan fingerprint density at radius 2 is 1.74 bits per heavy atom. The Balaban J connectivity index is 1.74. The van der Waals surface area contributed by atoms with Crippen molar-refractivity contribution in [2.75, 3.05) is 6.61 Å². The van der Waals surface area contributed by atoms with Gasteiger partial charge in [-0.05, 0) is 41.7 Å². The van der Waals surface area contributed by atoms with Crippen LogP contribution in [0.1, 0.15) is 22.5 Å². The standard InChI is InChI=1S/C25H25ClF5N3O5/c1-34-21(36)12-19(33-34)22(37)32-18(11-20(35)23(38)39-13-24(27,28)25(29,30)31)9-14-5-7-15(8-6-14)16-3-2-4-17(26)10-16/h2-8,10,12,18,20,23,35-36,38H,9,11,13H2,1H3,(H,32,37)/t18-,20-,23?/m1/s1. The Bertz CT molecular complexity index is 1250. The molecule has 0 radical (unpaired) electrons. The van der Waals surface area contributed by atoms with Gasteiger partial charge in [0.1, 0.15) is 12.7 Å². The molecule has 3 aromatic rings. The molecule has 0 saturated heterocycles. The summed E-state index contributed by atoms with van der Waals surface area (Å²) in [4.78, 5) is 12.7. The number of carbonyl (C=O) groups is 1. The second-order valence-electron chi connectivity index (χ2n) is 8.80. The SMILES string of the molecule is Cn1nc(C(=O)N[C@H](Cc2ccc(-c3cccc(Cl)c3)cc2)C[C@@H](O)C(O)OCC(F)(F)C(F)(F)F)cc1O. The third-order valence-corrected chi connectivity index (χ3v) is 5.96. The number of ether oxygens (including phenoxy) is 1. The monoisotopic (exact) mass is 577 g/mol. The zero-order chi connectivity index (χ0) is 29.0. The summed E-state index contributed by atoms with van der Waals surface area (Å²) >= 11 is 6.03. The predicted molar refractivity (Wildman–Crippen MR) is 130 cm³/mol. The average Bonchev–Trinajstić information content (AvgIpc) is 3.20. The van der Waals surface area contributed by atoms with Crippen LogP contribution in [0.15, 0.2) is 54.6 Å². The molecule has 1 aromatic heterocycles. The first kappa shape index (κ1) is 30.3. The minimum atomic E-state index is -5.90. The first-order chi connectivity index (χ1) is 18.2. The molecule has 0 aliphatic heterocycles. The van der Waals surface area contributed by atoms with Crippen LogP contribution in [0.4, 0.5) is 22.0 Å². The number of hydrogen-bond donors (Lipinski definition) is 4. The quantitative estimate of drug-likeness (QED) is 0.202. The Labute approximate surface area is 224 Å². The van der Waals surface area contributed by atoms with E-state index in [1.165, 1.54) is 7.05 Å². The molecule has 2 aromatic carbocycles. The van der Waals surface area contributed by atoms with Crippen LogP contribution in [0.25, 0.3) is 11.1 Å². The molecular weight excluding hydrogens is 553 g/mol. The topological polar surface area (TPSA) is 117 Å². The van der Waals surface area contributed by atoms with Crippen molar-refractivity contribution in [1.82, 2.24) is 15.1 Å². The first-order valence-corrected chi connectivity index (χ1v) is 11.8. The van der Waals surface area contributed by atoms with E-state index in [-0.39, 0.29) is 18.0 Å². The highest BCUT2D eigenvalue weighted by atomic mass is 35.5. The summed E-state index contributed by atoms with van der Waals surface area (Å²) < 4.78 is 68.6. The van der Waals surface area contributed by atoms with Crippen LogP contribution in [0.2, 0.25) is 5.02 Å². The molecule has 212 valence electrons. The highest BCUT2D eigenvalue weighted by molar-refractivity contribution is 6.30. The van der Waals surface area contributed by atoms with Gasteiger partial charge in [-0.1, -0.05) is 48.0 Å². The Morgan fingerprint density at radius 1 is 1.08 bits per heavy atom. The van der Waals surface area contributed by atoms with Gasteiger partial charge in [0, 0.05) is 24.2 Å². The second-order valence-corrected chi connectivity index (χ2v) is 9.24. The fourth-order valence-electron chi connectivity index (χ4n) is 3.60. The zero-order valence-corrected chi connectivity index (χ0v) is 21.1. The summed E-state index contributed by atoms with van der Waals surface area (Å²) in [5, 5.41) is 36.8. The number of benzene rings is 2. The van der Waals surface area contributed by atoms with Gasteiger partial charge in [-0.25, -0.2) is 4.68 Å². The number of halogens is 6. The van der Waals surface area contributed by atoms with E-state index < -0.39 is 49.5 Å². The van der Waals surface area contributed by atoms with E-state index in [2.05, 4.69) is 15.2 Å². The number of amides is 1. The third-order valence-electron chi connectivity index (χ3n) is 5.72. The molecule has 0 saturated carbocycles. The summed E-state index contributed by atoms with van der Waals surface area (Å²) in [7, 11) is 1.39. The van der Waals surface area contributed by atoms with Gasteiger partial charge in [-0.2, -0.15) is 27.1 Å². The number of aromatic hydroxyl groups is 1. The third kappa shape index (κ3) is 8.12. The summed E-state index contributed by atoms with van der Waals surface area (Å²) in [5.74, 6) is -6.31. The van der Waals surface area contributed by atoms with E-state index in [1.807, 2.05) is 6.07 Å². The molecule has 1 unspecified atom stereocenters. The minimum Gasteiger partial charge on any atom is -0.493 e. The Kier molecular flexibility index (Phi) is 9.54. The molecule has 0 aliphatic carbocycles. The van der Waals surface area contributed by atoms with Crippen LogP contribution in [0.3, 0.4) is 0 Å². The number of aliphatic hydroxyl groups is 2. The van der Waals surface area contributed by atoms with Crippen LogP contribution in [0, 0.1) is 0 Å². The Morgan fingerprint density at radius 3 is 2.31 bits per heavy atom. The van der Waals surface area contributed by atoms with Crippen LogP contribution in [-0.2, 0) is 18.2 Å². The number of alkyl halides is 5. The van der Waals surface area contributed by atoms with Crippen molar-refractivity contribution < 1.29 is 46.8 Å². The predicted octanol–water partition coefficient (Wildman–Crippen LogP) is 4.07. The summed E-state index contributed by atoms with van der Waals surface area (Å²) in [6.07, 6.45) is -10.7. The van der Waals surface area contributed by atoms with Crippen molar-refractivity contribution in [3.63, 3.8) is 0 Å². The highest BCUT2D eigenvalue weighted by Crippen LogP contribution is 2.35. The molecular formula is C25H25ClF5N3O5. The summed E-state index contributed by atoms with van der Waals surface area (Å²) in [5.41, 5.74) is 2.16. The number of aromatic nitrogens is 2. The van der Waals surface area contributed by atoms with Crippen LogP contribution in [-0.4, -0.2) is 68.1 Å². The number of aryl methyl sites for hydroxylation is 1. The number of aliphatic hydroxyl groups excluding tert-OH is 2. The number of nitrogens with zero attached hydrogens (tertiary/aromatic N) is 2. The lowest BCUT2D eigenvalue weighted by atomic mass is 9.97. The first-order valence-electron chi connectivity index (χ1n) is 11.5.